The third-order valence-corrected chi connectivity index (χ3v) is 6.34. The van der Waals surface area contributed by atoms with Gasteiger partial charge < -0.3 is 9.47 Å². The molecule has 0 aromatic heterocycles. The highest BCUT2D eigenvalue weighted by Gasteiger charge is 2.31. The van der Waals surface area contributed by atoms with Gasteiger partial charge in [-0.1, -0.05) is 48.5 Å². The van der Waals surface area contributed by atoms with Gasteiger partial charge in [0.2, 0.25) is 10.0 Å². The van der Waals surface area contributed by atoms with Crippen molar-refractivity contribution < 1.29 is 22.8 Å². The topological polar surface area (TPSA) is 102 Å². The standard InChI is InChI=1S/C22H20N2O6S/c25-24(26)22-17(8-7-13-21(22)30-15-20-14-29-20)16-31(27,28)23(18-9-3-1-4-10-18)19-11-5-2-6-12-19/h1-13,20H,14-16H2. The summed E-state index contributed by atoms with van der Waals surface area (Å²) in [6.45, 7) is 0.724. The number of hydrogen-bond donors (Lipinski definition) is 0. The van der Waals surface area contributed by atoms with Gasteiger partial charge in [-0.15, -0.1) is 0 Å². The molecule has 9 heteroatoms. The molecule has 31 heavy (non-hydrogen) atoms. The number of nitro groups is 1. The zero-order chi connectivity index (χ0) is 21.8. The summed E-state index contributed by atoms with van der Waals surface area (Å²) >= 11 is 0. The summed E-state index contributed by atoms with van der Waals surface area (Å²) in [6, 6.07) is 21.7. The second kappa shape index (κ2) is 8.75. The molecule has 160 valence electrons. The minimum atomic E-state index is -4.02. The maximum atomic E-state index is 13.5. The van der Waals surface area contributed by atoms with Crippen LogP contribution in [0.1, 0.15) is 5.56 Å². The van der Waals surface area contributed by atoms with Crippen LogP contribution in [0.4, 0.5) is 17.1 Å². The minimum absolute atomic E-state index is 0.0270. The molecule has 1 unspecified atom stereocenters. The maximum absolute atomic E-state index is 13.5. The summed E-state index contributed by atoms with van der Waals surface area (Å²) in [5.41, 5.74) is 0.577. The molecule has 0 bridgehead atoms. The lowest BCUT2D eigenvalue weighted by molar-refractivity contribution is -0.386. The Morgan fingerprint density at radius 2 is 1.55 bits per heavy atom. The van der Waals surface area contributed by atoms with E-state index in [9.17, 15) is 18.5 Å². The molecule has 1 aliphatic heterocycles. The van der Waals surface area contributed by atoms with Crippen LogP contribution in [0, 0.1) is 10.1 Å². The number of benzene rings is 3. The van der Waals surface area contributed by atoms with Gasteiger partial charge in [-0.3, -0.25) is 10.1 Å². The molecule has 0 aliphatic carbocycles. The van der Waals surface area contributed by atoms with Crippen molar-refractivity contribution in [3.05, 3.63) is 94.5 Å². The first-order valence-electron chi connectivity index (χ1n) is 9.59. The molecule has 0 saturated carbocycles. The van der Waals surface area contributed by atoms with Crippen LogP contribution < -0.4 is 9.04 Å². The van der Waals surface area contributed by atoms with Crippen LogP contribution in [-0.2, 0) is 20.5 Å². The Balaban J connectivity index is 1.72. The second-order valence-corrected chi connectivity index (χ2v) is 8.80. The molecule has 0 amide bonds. The lowest BCUT2D eigenvalue weighted by Crippen LogP contribution is -2.27. The fraction of sp³-hybridized carbons (Fsp3) is 0.182. The average molecular weight is 440 g/mol. The minimum Gasteiger partial charge on any atom is -0.484 e. The number of para-hydroxylation sites is 3. The average Bonchev–Trinajstić information content (AvgIpc) is 3.58. The van der Waals surface area contributed by atoms with Gasteiger partial charge in [-0.2, -0.15) is 0 Å². The lowest BCUT2D eigenvalue weighted by atomic mass is 10.2. The van der Waals surface area contributed by atoms with Crippen molar-refractivity contribution in [2.45, 2.75) is 11.9 Å². The highest BCUT2D eigenvalue weighted by molar-refractivity contribution is 7.92. The Hall–Kier alpha value is -3.43. The molecule has 3 aromatic rings. The van der Waals surface area contributed by atoms with Gasteiger partial charge >= 0.3 is 5.69 Å². The number of hydrogen-bond acceptors (Lipinski definition) is 6. The van der Waals surface area contributed by atoms with E-state index in [1.165, 1.54) is 16.4 Å². The Kier molecular flexibility index (Phi) is 5.88. The third kappa shape index (κ3) is 4.84. The van der Waals surface area contributed by atoms with Crippen LogP contribution in [0.5, 0.6) is 5.75 Å². The molecule has 4 rings (SSSR count). The maximum Gasteiger partial charge on any atom is 0.315 e. The summed E-state index contributed by atoms with van der Waals surface area (Å²) in [6.07, 6.45) is -0.0846. The van der Waals surface area contributed by atoms with Crippen LogP contribution in [-0.4, -0.2) is 32.7 Å². The van der Waals surface area contributed by atoms with Gasteiger partial charge in [-0.25, -0.2) is 12.7 Å². The van der Waals surface area contributed by atoms with E-state index in [0.29, 0.717) is 18.0 Å². The zero-order valence-corrected chi connectivity index (χ0v) is 17.3. The van der Waals surface area contributed by atoms with Gasteiger partial charge in [0.15, 0.2) is 5.75 Å². The van der Waals surface area contributed by atoms with Crippen LogP contribution >= 0.6 is 0 Å². The molecule has 3 aromatic carbocycles. The summed E-state index contributed by atoms with van der Waals surface area (Å²) in [5.74, 6) is -0.538. The molecule has 1 heterocycles. The van der Waals surface area contributed by atoms with E-state index in [1.54, 1.807) is 66.7 Å². The van der Waals surface area contributed by atoms with E-state index in [-0.39, 0.29) is 29.7 Å². The third-order valence-electron chi connectivity index (χ3n) is 4.69. The van der Waals surface area contributed by atoms with Gasteiger partial charge in [0, 0.05) is 0 Å². The van der Waals surface area contributed by atoms with Crippen molar-refractivity contribution in [1.82, 2.24) is 0 Å². The summed E-state index contributed by atoms with van der Waals surface area (Å²) in [5, 5.41) is 11.8. The molecular formula is C22H20N2O6S. The predicted octanol–water partition coefficient (Wildman–Crippen LogP) is 4.04. The molecular weight excluding hydrogens is 420 g/mol. The Labute approximate surface area is 179 Å². The number of sulfonamides is 1. The first kappa shape index (κ1) is 20.8. The summed E-state index contributed by atoms with van der Waals surface area (Å²) in [4.78, 5) is 11.2. The first-order chi connectivity index (χ1) is 15.0. The second-order valence-electron chi connectivity index (χ2n) is 6.98. The lowest BCUT2D eigenvalue weighted by Gasteiger charge is -2.24. The molecule has 8 nitrogen and oxygen atoms in total. The van der Waals surface area contributed by atoms with Crippen molar-refractivity contribution in [2.24, 2.45) is 0 Å². The molecule has 1 saturated heterocycles. The fourth-order valence-corrected chi connectivity index (χ4v) is 4.85. The van der Waals surface area contributed by atoms with Gasteiger partial charge in [0.1, 0.15) is 18.5 Å². The highest BCUT2D eigenvalue weighted by atomic mass is 32.2. The van der Waals surface area contributed by atoms with Gasteiger partial charge in [-0.05, 0) is 30.3 Å². The number of nitro benzene ring substituents is 1. The van der Waals surface area contributed by atoms with Crippen molar-refractivity contribution in [2.75, 3.05) is 17.5 Å². The number of epoxide rings is 1. The molecule has 0 radical (unpaired) electrons. The summed E-state index contributed by atoms with van der Waals surface area (Å²) in [7, 11) is -4.02. The number of anilines is 2. The predicted molar refractivity (Wildman–Crippen MR) is 116 cm³/mol. The molecule has 1 fully saturated rings. The van der Waals surface area contributed by atoms with E-state index in [1.807, 2.05) is 0 Å². The molecule has 0 N–H and O–H groups in total. The van der Waals surface area contributed by atoms with Crippen LogP contribution in [0.15, 0.2) is 78.9 Å². The van der Waals surface area contributed by atoms with Gasteiger partial charge in [0.25, 0.3) is 0 Å². The van der Waals surface area contributed by atoms with Crippen molar-refractivity contribution in [1.29, 1.82) is 0 Å². The number of ether oxygens (including phenoxy) is 2. The number of rotatable bonds is 9. The molecule has 1 aliphatic rings. The summed E-state index contributed by atoms with van der Waals surface area (Å²) < 4.78 is 38.8. The quantitative estimate of drug-likeness (QED) is 0.283. The Morgan fingerprint density at radius 3 is 2.06 bits per heavy atom. The van der Waals surface area contributed by atoms with Crippen molar-refractivity contribution in [3.63, 3.8) is 0 Å². The van der Waals surface area contributed by atoms with Crippen LogP contribution in [0.25, 0.3) is 0 Å². The number of nitrogens with zero attached hydrogens (tertiary/aromatic N) is 2. The molecule has 0 spiro atoms. The van der Waals surface area contributed by atoms with E-state index >= 15 is 0 Å². The zero-order valence-electron chi connectivity index (χ0n) is 16.5. The largest absolute Gasteiger partial charge is 0.484 e. The molecule has 1 atom stereocenters. The smallest absolute Gasteiger partial charge is 0.315 e. The van der Waals surface area contributed by atoms with Crippen LogP contribution in [0.3, 0.4) is 0 Å². The monoisotopic (exact) mass is 440 g/mol. The van der Waals surface area contributed by atoms with E-state index in [4.69, 9.17) is 9.47 Å². The first-order valence-corrected chi connectivity index (χ1v) is 11.2. The van der Waals surface area contributed by atoms with E-state index in [0.717, 1.165) is 0 Å². The Morgan fingerprint density at radius 1 is 0.968 bits per heavy atom. The fourth-order valence-electron chi connectivity index (χ4n) is 3.21. The highest BCUT2D eigenvalue weighted by Crippen LogP contribution is 2.36. The van der Waals surface area contributed by atoms with Gasteiger partial charge in [0.05, 0.1) is 28.5 Å². The SMILES string of the molecule is O=[N+]([O-])c1c(CS(=O)(=O)N(c2ccccc2)c2ccccc2)cccc1OCC1CO1. The normalized spacial score (nSPS) is 15.3. The van der Waals surface area contributed by atoms with Crippen molar-refractivity contribution >= 4 is 27.1 Å². The van der Waals surface area contributed by atoms with Crippen molar-refractivity contribution in [3.8, 4) is 5.75 Å². The Bertz CT molecular complexity index is 1130. The van der Waals surface area contributed by atoms with E-state index < -0.39 is 20.7 Å². The van der Waals surface area contributed by atoms with E-state index in [2.05, 4.69) is 0 Å². The van der Waals surface area contributed by atoms with Crippen LogP contribution in [0.2, 0.25) is 0 Å².